The third-order valence-corrected chi connectivity index (χ3v) is 3.78. The smallest absolute Gasteiger partial charge is 0.223 e. The quantitative estimate of drug-likeness (QED) is 0.357. The van der Waals surface area contributed by atoms with E-state index in [1.165, 1.54) is 0 Å². The van der Waals surface area contributed by atoms with Gasteiger partial charge in [-0.15, -0.1) is 0 Å². The van der Waals surface area contributed by atoms with Crippen LogP contribution < -0.4 is 5.32 Å². The van der Waals surface area contributed by atoms with Crippen molar-refractivity contribution in [3.8, 4) is 0 Å². The summed E-state index contributed by atoms with van der Waals surface area (Å²) in [6.45, 7) is 7.08. The Balaban J connectivity index is 4.14. The highest BCUT2D eigenvalue weighted by Gasteiger charge is 2.16. The second-order valence-electron chi connectivity index (χ2n) is 7.19. The third kappa shape index (κ3) is 10.5. The van der Waals surface area contributed by atoms with Crippen LogP contribution in [0.15, 0.2) is 12.2 Å². The fourth-order valence-electron chi connectivity index (χ4n) is 1.91. The van der Waals surface area contributed by atoms with Crippen LogP contribution in [-0.2, 0) is 9.59 Å². The molecule has 0 aromatic carbocycles. The monoisotopic (exact) mass is 313 g/mol. The topological polar surface area (TPSA) is 46.2 Å². The molecule has 0 rings (SSSR count). The highest BCUT2D eigenvalue weighted by molar-refractivity contribution is 5.78. The van der Waals surface area contributed by atoms with E-state index in [-0.39, 0.29) is 5.91 Å². The number of hydrogen-bond acceptors (Lipinski definition) is 2. The van der Waals surface area contributed by atoms with Crippen molar-refractivity contribution in [2.24, 2.45) is 0 Å². The Morgan fingerprint density at radius 2 is 1.45 bits per heavy atom. The summed E-state index contributed by atoms with van der Waals surface area (Å²) in [5.74, 6) is 0.424. The number of quaternary nitrogens is 2. The van der Waals surface area contributed by atoms with Crippen LogP contribution in [0.2, 0.25) is 0 Å². The lowest BCUT2D eigenvalue weighted by Gasteiger charge is -2.30. The Morgan fingerprint density at radius 3 is 1.95 bits per heavy atom. The number of amides is 1. The Kier molecular flexibility index (Phi) is 9.21. The average molecular weight is 313 g/mol. The summed E-state index contributed by atoms with van der Waals surface area (Å²) in [6, 6.07) is 0. The lowest BCUT2D eigenvalue weighted by molar-refractivity contribution is -0.887. The van der Waals surface area contributed by atoms with Crippen molar-refractivity contribution in [3.05, 3.63) is 12.2 Å². The summed E-state index contributed by atoms with van der Waals surface area (Å²) in [4.78, 5) is 22.7. The number of carbonyl (C=O) groups excluding carboxylic acids is 2. The second-order valence-corrected chi connectivity index (χ2v) is 7.19. The van der Waals surface area contributed by atoms with Crippen LogP contribution in [0.4, 0.5) is 0 Å². The molecule has 1 amide bonds. The molecule has 0 aromatic rings. The highest BCUT2D eigenvalue weighted by Crippen LogP contribution is 2.03. The minimum atomic E-state index is 0.0913. The number of ketones is 1. The van der Waals surface area contributed by atoms with Gasteiger partial charge in [-0.2, -0.15) is 0 Å². The van der Waals surface area contributed by atoms with Crippen LogP contribution in [0.1, 0.15) is 33.1 Å². The lowest BCUT2D eigenvalue weighted by atomic mass is 10.2. The van der Waals surface area contributed by atoms with E-state index in [4.69, 9.17) is 0 Å². The van der Waals surface area contributed by atoms with Gasteiger partial charge < -0.3 is 14.3 Å². The Morgan fingerprint density at radius 1 is 0.909 bits per heavy atom. The van der Waals surface area contributed by atoms with Gasteiger partial charge in [0.05, 0.1) is 54.2 Å². The minimum Gasteiger partial charge on any atom is -0.325 e. The highest BCUT2D eigenvalue weighted by atomic mass is 16.1. The van der Waals surface area contributed by atoms with Gasteiger partial charge in [0.2, 0.25) is 5.91 Å². The van der Waals surface area contributed by atoms with Crippen LogP contribution in [-0.4, -0.2) is 75.2 Å². The zero-order valence-electron chi connectivity index (χ0n) is 15.3. The van der Waals surface area contributed by atoms with Gasteiger partial charge in [0.1, 0.15) is 5.78 Å². The minimum absolute atomic E-state index is 0.0913. The average Bonchev–Trinajstić information content (AvgIpc) is 2.47. The van der Waals surface area contributed by atoms with Gasteiger partial charge in [-0.3, -0.25) is 9.59 Å². The summed E-state index contributed by atoms with van der Waals surface area (Å²) in [6.07, 6.45) is 6.16. The lowest BCUT2D eigenvalue weighted by Crippen LogP contribution is -2.48. The molecule has 0 heterocycles. The van der Waals surface area contributed by atoms with Crippen LogP contribution in [0.25, 0.3) is 0 Å². The molecule has 0 fully saturated rings. The predicted molar refractivity (Wildman–Crippen MR) is 91.2 cm³/mol. The van der Waals surface area contributed by atoms with Crippen molar-refractivity contribution in [1.29, 1.82) is 0 Å². The molecule has 0 saturated carbocycles. The number of nitrogens with zero attached hydrogens (tertiary/aromatic N) is 2. The van der Waals surface area contributed by atoms with Gasteiger partial charge in [0.25, 0.3) is 0 Å². The zero-order valence-corrected chi connectivity index (χ0v) is 15.3. The van der Waals surface area contributed by atoms with E-state index in [0.717, 1.165) is 28.6 Å². The van der Waals surface area contributed by atoms with Crippen LogP contribution >= 0.6 is 0 Å². The van der Waals surface area contributed by atoms with Crippen molar-refractivity contribution in [2.75, 3.05) is 54.5 Å². The molecule has 5 heteroatoms. The van der Waals surface area contributed by atoms with E-state index in [9.17, 15) is 9.59 Å². The number of likely N-dealkylation sites (N-methyl/N-ethyl adjacent to an activating group) is 2. The van der Waals surface area contributed by atoms with Gasteiger partial charge >= 0.3 is 0 Å². The molecule has 0 aliphatic heterocycles. The maximum absolute atomic E-state index is 11.4. The van der Waals surface area contributed by atoms with Crippen LogP contribution in [0, 0.1) is 0 Å². The maximum Gasteiger partial charge on any atom is 0.223 e. The summed E-state index contributed by atoms with van der Waals surface area (Å²) < 4.78 is 1.55. The summed E-state index contributed by atoms with van der Waals surface area (Å²) in [5, 5.41) is 2.93. The molecule has 0 aliphatic rings. The summed E-state index contributed by atoms with van der Waals surface area (Å²) in [5.41, 5.74) is 0. The molecule has 0 saturated heterocycles. The first-order valence-corrected chi connectivity index (χ1v) is 8.19. The maximum atomic E-state index is 11.4. The largest absolute Gasteiger partial charge is 0.325 e. The number of hydrogen-bond donors (Lipinski definition) is 1. The molecule has 0 spiro atoms. The SMILES string of the molecule is CCC(=O)CC[N+](C)(C)C/C=C\C[N+](C)(C)CNC(=O)CC. The van der Waals surface area contributed by atoms with E-state index in [2.05, 4.69) is 45.7 Å². The molecule has 0 aromatic heterocycles. The standard InChI is InChI=1S/C17H34N3O2/c1-7-16(21)11-14-19(3,4)12-9-10-13-20(5,6)15-18-17(22)8-2/h9-10H,7-8,11-15H2,1-6H3/q+1/p+1/b10-9-. The van der Waals surface area contributed by atoms with Gasteiger partial charge in [-0.05, 0) is 12.2 Å². The van der Waals surface area contributed by atoms with Crippen molar-refractivity contribution in [2.45, 2.75) is 33.1 Å². The molecule has 0 radical (unpaired) electrons. The Hall–Kier alpha value is -1.20. The molecule has 0 unspecified atom stereocenters. The molecular weight excluding hydrogens is 278 g/mol. The molecule has 0 atom stereocenters. The Labute approximate surface area is 136 Å². The number of nitrogens with one attached hydrogen (secondary N) is 1. The molecule has 128 valence electrons. The first kappa shape index (κ1) is 20.8. The fourth-order valence-corrected chi connectivity index (χ4v) is 1.91. The summed E-state index contributed by atoms with van der Waals surface area (Å²) >= 11 is 0. The van der Waals surface area contributed by atoms with E-state index in [1.807, 2.05) is 13.8 Å². The van der Waals surface area contributed by atoms with Crippen molar-refractivity contribution in [3.63, 3.8) is 0 Å². The second kappa shape index (κ2) is 9.74. The molecule has 0 bridgehead atoms. The van der Waals surface area contributed by atoms with Crippen molar-refractivity contribution < 1.29 is 18.6 Å². The number of rotatable bonds is 11. The van der Waals surface area contributed by atoms with Gasteiger partial charge in [-0.1, -0.05) is 13.8 Å². The number of Topliss-reactive ketones (excluding diaryl/α,β-unsaturated/α-hetero) is 1. The first-order valence-electron chi connectivity index (χ1n) is 8.19. The predicted octanol–water partition coefficient (Wildman–Crippen LogP) is 1.55. The van der Waals surface area contributed by atoms with Crippen LogP contribution in [0.5, 0.6) is 0 Å². The normalized spacial score (nSPS) is 12.6. The molecule has 5 nitrogen and oxygen atoms in total. The molecule has 0 aliphatic carbocycles. The fraction of sp³-hybridized carbons (Fsp3) is 0.765. The van der Waals surface area contributed by atoms with Gasteiger partial charge in [-0.25, -0.2) is 0 Å². The Bertz CT molecular complexity index is 351. The van der Waals surface area contributed by atoms with E-state index >= 15 is 0 Å². The first-order chi connectivity index (χ1) is 10.1. The number of carbonyl (C=O) groups is 2. The van der Waals surface area contributed by atoms with E-state index in [1.54, 1.807) is 0 Å². The van der Waals surface area contributed by atoms with Gasteiger partial charge in [0.15, 0.2) is 6.67 Å². The van der Waals surface area contributed by atoms with Crippen LogP contribution in [0.3, 0.4) is 0 Å². The van der Waals surface area contributed by atoms with Gasteiger partial charge in [0, 0.05) is 12.8 Å². The summed E-state index contributed by atoms with van der Waals surface area (Å²) in [7, 11) is 8.49. The van der Waals surface area contributed by atoms with Crippen molar-refractivity contribution >= 4 is 11.7 Å². The van der Waals surface area contributed by atoms with E-state index < -0.39 is 0 Å². The molecular formula is C17H35N3O2+2. The molecule has 22 heavy (non-hydrogen) atoms. The zero-order chi connectivity index (χ0) is 17.2. The molecule has 1 N–H and O–H groups in total. The third-order valence-electron chi connectivity index (χ3n) is 3.78. The van der Waals surface area contributed by atoms with Crippen molar-refractivity contribution in [1.82, 2.24) is 5.32 Å². The van der Waals surface area contributed by atoms with E-state index in [0.29, 0.717) is 31.7 Å².